The summed E-state index contributed by atoms with van der Waals surface area (Å²) in [6, 6.07) is -0.387. The van der Waals surface area contributed by atoms with Crippen molar-refractivity contribution < 1.29 is 4.79 Å². The summed E-state index contributed by atoms with van der Waals surface area (Å²) in [7, 11) is 0. The highest BCUT2D eigenvalue weighted by Gasteiger charge is 2.26. The van der Waals surface area contributed by atoms with Crippen LogP contribution in [0, 0.1) is 0 Å². The highest BCUT2D eigenvalue weighted by molar-refractivity contribution is 5.91. The Hall–Kier alpha value is -2.31. The summed E-state index contributed by atoms with van der Waals surface area (Å²) in [5.74, 6) is 0.932. The van der Waals surface area contributed by atoms with E-state index in [2.05, 4.69) is 32.1 Å². The third-order valence-electron chi connectivity index (χ3n) is 3.75. The van der Waals surface area contributed by atoms with E-state index in [0.717, 1.165) is 42.8 Å². The summed E-state index contributed by atoms with van der Waals surface area (Å²) in [4.78, 5) is 25.0. The molecule has 0 spiro atoms. The fourth-order valence-corrected chi connectivity index (χ4v) is 2.80. The van der Waals surface area contributed by atoms with Gasteiger partial charge in [-0.25, -0.2) is 14.8 Å². The lowest BCUT2D eigenvalue weighted by atomic mass is 10.2. The fraction of sp³-hybridized carbons (Fsp3) is 0.462. The van der Waals surface area contributed by atoms with E-state index in [9.17, 15) is 4.79 Å². The number of nitrogens with zero attached hydrogens (tertiary/aromatic N) is 3. The summed E-state index contributed by atoms with van der Waals surface area (Å²) >= 11 is 0. The first kappa shape index (κ1) is 12.7. The van der Waals surface area contributed by atoms with Crippen LogP contribution in [-0.2, 0) is 6.42 Å². The monoisotopic (exact) mass is 274 g/mol. The zero-order valence-electron chi connectivity index (χ0n) is 11.4. The second kappa shape index (κ2) is 4.99. The minimum Gasteiger partial charge on any atom is -0.354 e. The third-order valence-corrected chi connectivity index (χ3v) is 3.75. The van der Waals surface area contributed by atoms with Gasteiger partial charge >= 0.3 is 6.03 Å². The van der Waals surface area contributed by atoms with Crippen LogP contribution < -0.4 is 16.0 Å². The highest BCUT2D eigenvalue weighted by atomic mass is 16.2. The Morgan fingerprint density at radius 3 is 3.20 bits per heavy atom. The Bertz CT molecular complexity index is 637. The number of aromatic nitrogens is 3. The number of urea groups is 1. The van der Waals surface area contributed by atoms with Gasteiger partial charge in [-0.3, -0.25) is 0 Å². The van der Waals surface area contributed by atoms with Crippen molar-refractivity contribution in [2.45, 2.75) is 25.8 Å². The van der Waals surface area contributed by atoms with Gasteiger partial charge in [0.05, 0.1) is 5.39 Å². The number of carbonyl (C=O) groups is 1. The van der Waals surface area contributed by atoms with Crippen molar-refractivity contribution >= 4 is 22.9 Å². The molecule has 2 aromatic heterocycles. The van der Waals surface area contributed by atoms with Crippen LogP contribution in [-0.4, -0.2) is 40.1 Å². The first-order chi connectivity index (χ1) is 9.69. The summed E-state index contributed by atoms with van der Waals surface area (Å²) in [5, 5.41) is 3.84. The van der Waals surface area contributed by atoms with Crippen molar-refractivity contribution in [3.8, 4) is 0 Å². The highest BCUT2D eigenvalue weighted by Crippen LogP contribution is 2.28. The van der Waals surface area contributed by atoms with E-state index in [-0.39, 0.29) is 6.04 Å². The number of rotatable bonds is 3. The number of amides is 2. The summed E-state index contributed by atoms with van der Waals surface area (Å²) in [6.45, 7) is 3.69. The molecular weight excluding hydrogens is 256 g/mol. The molecule has 2 amide bonds. The van der Waals surface area contributed by atoms with Gasteiger partial charge < -0.3 is 20.9 Å². The maximum absolute atomic E-state index is 10.9. The largest absolute Gasteiger partial charge is 0.354 e. The van der Waals surface area contributed by atoms with Gasteiger partial charge in [0, 0.05) is 25.3 Å². The lowest BCUT2D eigenvalue weighted by molar-refractivity contribution is 0.246. The quantitative estimate of drug-likeness (QED) is 0.769. The molecule has 1 saturated heterocycles. The minimum absolute atomic E-state index is 0.0848. The number of aromatic amines is 1. The molecule has 0 aliphatic carbocycles. The molecule has 1 fully saturated rings. The second-order valence-corrected chi connectivity index (χ2v) is 5.03. The van der Waals surface area contributed by atoms with Gasteiger partial charge in [-0.2, -0.15) is 0 Å². The van der Waals surface area contributed by atoms with Crippen molar-refractivity contribution in [1.82, 2.24) is 20.3 Å². The second-order valence-electron chi connectivity index (χ2n) is 5.03. The molecule has 1 aliphatic rings. The fourth-order valence-electron chi connectivity index (χ4n) is 2.80. The van der Waals surface area contributed by atoms with Crippen LogP contribution in [0.15, 0.2) is 12.5 Å². The Balaban J connectivity index is 1.91. The van der Waals surface area contributed by atoms with Crippen LogP contribution in [0.5, 0.6) is 0 Å². The van der Waals surface area contributed by atoms with Crippen molar-refractivity contribution in [3.05, 3.63) is 18.1 Å². The summed E-state index contributed by atoms with van der Waals surface area (Å²) in [5.41, 5.74) is 7.25. The predicted octanol–water partition coefficient (Wildman–Crippen LogP) is 0.767. The minimum atomic E-state index is -0.472. The van der Waals surface area contributed by atoms with Crippen LogP contribution in [0.1, 0.15) is 18.9 Å². The lowest BCUT2D eigenvalue weighted by Gasteiger charge is -2.18. The van der Waals surface area contributed by atoms with Gasteiger partial charge in [0.15, 0.2) is 0 Å². The Labute approximate surface area is 116 Å². The molecule has 4 N–H and O–H groups in total. The van der Waals surface area contributed by atoms with Gasteiger partial charge in [0.2, 0.25) is 0 Å². The van der Waals surface area contributed by atoms with Crippen molar-refractivity contribution in [3.63, 3.8) is 0 Å². The zero-order valence-corrected chi connectivity index (χ0v) is 11.4. The summed E-state index contributed by atoms with van der Waals surface area (Å²) < 4.78 is 0. The van der Waals surface area contributed by atoms with E-state index >= 15 is 0 Å². The number of primary amides is 1. The number of hydrogen-bond acceptors (Lipinski definition) is 4. The molecule has 0 radical (unpaired) electrons. The smallest absolute Gasteiger partial charge is 0.312 e. The number of nitrogens with two attached hydrogens (primary N) is 1. The van der Waals surface area contributed by atoms with Gasteiger partial charge in [0.25, 0.3) is 0 Å². The number of carbonyl (C=O) groups excluding carboxylic acids is 1. The summed E-state index contributed by atoms with van der Waals surface area (Å²) in [6.07, 6.45) is 5.36. The van der Waals surface area contributed by atoms with Gasteiger partial charge in [-0.1, -0.05) is 6.92 Å². The van der Waals surface area contributed by atoms with Crippen LogP contribution >= 0.6 is 0 Å². The molecule has 0 saturated carbocycles. The van der Waals surface area contributed by atoms with Gasteiger partial charge in [-0.15, -0.1) is 0 Å². The number of nitrogens with one attached hydrogen (secondary N) is 2. The maximum Gasteiger partial charge on any atom is 0.312 e. The molecule has 0 bridgehead atoms. The van der Waals surface area contributed by atoms with Gasteiger partial charge in [-0.05, 0) is 18.4 Å². The van der Waals surface area contributed by atoms with Crippen LogP contribution in [0.2, 0.25) is 0 Å². The molecule has 3 rings (SSSR count). The maximum atomic E-state index is 10.9. The number of fused-ring (bicyclic) bond motifs is 1. The number of anilines is 1. The molecule has 1 atom stereocenters. The first-order valence-corrected chi connectivity index (χ1v) is 6.81. The molecule has 7 heteroatoms. The van der Waals surface area contributed by atoms with Crippen LogP contribution in [0.25, 0.3) is 11.0 Å². The van der Waals surface area contributed by atoms with E-state index in [0.29, 0.717) is 0 Å². The van der Waals surface area contributed by atoms with E-state index in [1.807, 2.05) is 6.20 Å². The normalized spacial score (nSPS) is 18.6. The average Bonchev–Trinajstić information content (AvgIpc) is 3.03. The molecule has 7 nitrogen and oxygen atoms in total. The van der Waals surface area contributed by atoms with Gasteiger partial charge in [0.1, 0.15) is 17.8 Å². The first-order valence-electron chi connectivity index (χ1n) is 6.81. The van der Waals surface area contributed by atoms with Crippen LogP contribution in [0.3, 0.4) is 0 Å². The standard InChI is InChI=1S/C13H18N6O/c1-2-8-5-15-11-10(8)12(17-7-16-11)19-4-3-9(6-19)18-13(14)20/h5,7,9H,2-4,6H2,1H3,(H3,14,18,20)(H,15,16,17). The van der Waals surface area contributed by atoms with Crippen molar-refractivity contribution in [1.29, 1.82) is 0 Å². The van der Waals surface area contributed by atoms with E-state index in [4.69, 9.17) is 5.73 Å². The molecule has 2 aromatic rings. The Morgan fingerprint density at radius 2 is 2.45 bits per heavy atom. The van der Waals surface area contributed by atoms with E-state index in [1.165, 1.54) is 5.56 Å². The van der Waals surface area contributed by atoms with Crippen LogP contribution in [0.4, 0.5) is 10.6 Å². The number of H-pyrrole nitrogens is 1. The molecule has 20 heavy (non-hydrogen) atoms. The molecule has 1 aliphatic heterocycles. The number of aryl methyl sites for hydroxylation is 1. The lowest BCUT2D eigenvalue weighted by Crippen LogP contribution is -2.40. The molecule has 106 valence electrons. The average molecular weight is 274 g/mol. The third kappa shape index (κ3) is 2.15. The number of hydrogen-bond donors (Lipinski definition) is 3. The molecule has 1 unspecified atom stereocenters. The Kier molecular flexibility index (Phi) is 3.17. The van der Waals surface area contributed by atoms with Crippen molar-refractivity contribution in [2.75, 3.05) is 18.0 Å². The zero-order chi connectivity index (χ0) is 14.1. The SMILES string of the molecule is CCc1c[nH]c2ncnc(N3CCC(NC(N)=O)C3)c12. The molecule has 3 heterocycles. The topological polar surface area (TPSA) is 99.9 Å². The molecular formula is C13H18N6O. The Morgan fingerprint density at radius 1 is 1.60 bits per heavy atom. The van der Waals surface area contributed by atoms with Crippen molar-refractivity contribution in [2.24, 2.45) is 5.73 Å². The predicted molar refractivity (Wildman–Crippen MR) is 76.6 cm³/mol. The molecule has 0 aromatic carbocycles. The van der Waals surface area contributed by atoms with E-state index < -0.39 is 6.03 Å². The van der Waals surface area contributed by atoms with E-state index in [1.54, 1.807) is 6.33 Å².